The minimum absolute atomic E-state index is 0.0720. The number of nitrogens with one attached hydrogen (secondary N) is 1. The van der Waals surface area contributed by atoms with E-state index in [4.69, 9.17) is 11.6 Å². The van der Waals surface area contributed by atoms with E-state index >= 15 is 0 Å². The second-order valence-electron chi connectivity index (χ2n) is 6.60. The number of hydrogen-bond donors (Lipinski definition) is 1. The van der Waals surface area contributed by atoms with Gasteiger partial charge in [0, 0.05) is 23.9 Å². The molecule has 2 aromatic rings. The first-order valence-electron chi connectivity index (χ1n) is 9.36. The van der Waals surface area contributed by atoms with Crippen LogP contribution in [0.2, 0.25) is 5.02 Å². The quantitative estimate of drug-likeness (QED) is 0.655. The molecule has 0 saturated heterocycles. The van der Waals surface area contributed by atoms with Crippen LogP contribution in [0, 0.1) is 6.92 Å². The summed E-state index contributed by atoms with van der Waals surface area (Å²) in [5.74, 6) is 0.834. The topological polar surface area (TPSA) is 49.4 Å². The standard InChI is InChI=1S/C22H27ClN2O2S/c1-4-24-22(27)17(3)25(13-18-10-7-8-12-20(18)23)21(26)15-28-14-19-11-6-5-9-16(19)2/h5-12,17H,4,13-15H2,1-3H3,(H,24,27). The fourth-order valence-electron chi connectivity index (χ4n) is 2.82. The Kier molecular flexibility index (Phi) is 8.87. The van der Waals surface area contributed by atoms with Gasteiger partial charge in [0.1, 0.15) is 6.04 Å². The van der Waals surface area contributed by atoms with Gasteiger partial charge in [0.25, 0.3) is 0 Å². The maximum atomic E-state index is 13.0. The van der Waals surface area contributed by atoms with Crippen molar-refractivity contribution in [3.63, 3.8) is 0 Å². The average Bonchev–Trinajstić information content (AvgIpc) is 2.68. The van der Waals surface area contributed by atoms with Gasteiger partial charge in [-0.05, 0) is 43.5 Å². The van der Waals surface area contributed by atoms with Crippen LogP contribution in [-0.4, -0.2) is 35.1 Å². The molecule has 0 spiro atoms. The highest BCUT2D eigenvalue weighted by molar-refractivity contribution is 7.99. The monoisotopic (exact) mass is 418 g/mol. The first-order valence-corrected chi connectivity index (χ1v) is 10.9. The zero-order chi connectivity index (χ0) is 20.5. The van der Waals surface area contributed by atoms with Gasteiger partial charge >= 0.3 is 0 Å². The molecule has 1 atom stereocenters. The van der Waals surface area contributed by atoms with Crippen molar-refractivity contribution < 1.29 is 9.59 Å². The van der Waals surface area contributed by atoms with Gasteiger partial charge in [-0.1, -0.05) is 54.1 Å². The second kappa shape index (κ2) is 11.1. The Morgan fingerprint density at radius 3 is 2.39 bits per heavy atom. The maximum Gasteiger partial charge on any atom is 0.242 e. The highest BCUT2D eigenvalue weighted by atomic mass is 35.5. The van der Waals surface area contributed by atoms with Gasteiger partial charge in [-0.2, -0.15) is 0 Å². The average molecular weight is 419 g/mol. The molecule has 2 aromatic carbocycles. The van der Waals surface area contributed by atoms with Gasteiger partial charge in [-0.15, -0.1) is 11.8 Å². The van der Waals surface area contributed by atoms with Crippen LogP contribution < -0.4 is 5.32 Å². The van der Waals surface area contributed by atoms with E-state index in [1.54, 1.807) is 29.7 Å². The van der Waals surface area contributed by atoms with E-state index in [1.807, 2.05) is 37.3 Å². The van der Waals surface area contributed by atoms with Gasteiger partial charge in [0.15, 0.2) is 0 Å². The largest absolute Gasteiger partial charge is 0.355 e. The van der Waals surface area contributed by atoms with Gasteiger partial charge in [0.05, 0.1) is 5.75 Å². The summed E-state index contributed by atoms with van der Waals surface area (Å²) in [4.78, 5) is 26.9. The lowest BCUT2D eigenvalue weighted by molar-refractivity contribution is -0.138. The van der Waals surface area contributed by atoms with Gasteiger partial charge in [0.2, 0.25) is 11.8 Å². The smallest absolute Gasteiger partial charge is 0.242 e. The number of hydrogen-bond acceptors (Lipinski definition) is 3. The number of benzene rings is 2. The molecule has 2 rings (SSSR count). The van der Waals surface area contributed by atoms with Crippen molar-refractivity contribution in [2.24, 2.45) is 0 Å². The lowest BCUT2D eigenvalue weighted by Crippen LogP contribution is -2.48. The maximum absolute atomic E-state index is 13.0. The second-order valence-corrected chi connectivity index (χ2v) is 8.00. The number of aryl methyl sites for hydroxylation is 1. The van der Waals surface area contributed by atoms with Crippen molar-refractivity contribution in [1.82, 2.24) is 10.2 Å². The number of thioether (sulfide) groups is 1. The van der Waals surface area contributed by atoms with Crippen molar-refractivity contribution >= 4 is 35.2 Å². The number of rotatable bonds is 9. The molecule has 0 radical (unpaired) electrons. The number of carbonyl (C=O) groups excluding carboxylic acids is 2. The van der Waals surface area contributed by atoms with E-state index in [9.17, 15) is 9.59 Å². The molecule has 1 N–H and O–H groups in total. The van der Waals surface area contributed by atoms with Crippen molar-refractivity contribution in [2.45, 2.75) is 39.1 Å². The third-order valence-corrected chi connectivity index (χ3v) is 5.90. The molecule has 0 fully saturated rings. The molecule has 28 heavy (non-hydrogen) atoms. The van der Waals surface area contributed by atoms with E-state index in [2.05, 4.69) is 24.4 Å². The van der Waals surface area contributed by atoms with Crippen LogP contribution in [0.5, 0.6) is 0 Å². The fourth-order valence-corrected chi connectivity index (χ4v) is 4.00. The molecular weight excluding hydrogens is 392 g/mol. The Labute approximate surface area is 176 Å². The van der Waals surface area contributed by atoms with Crippen molar-refractivity contribution in [3.8, 4) is 0 Å². The predicted molar refractivity (Wildman–Crippen MR) is 117 cm³/mol. The molecule has 0 aliphatic carbocycles. The van der Waals surface area contributed by atoms with Gasteiger partial charge in [-0.3, -0.25) is 9.59 Å². The molecule has 0 aromatic heterocycles. The molecule has 150 valence electrons. The summed E-state index contributed by atoms with van der Waals surface area (Å²) in [6.07, 6.45) is 0. The molecule has 0 saturated carbocycles. The summed E-state index contributed by atoms with van der Waals surface area (Å²) < 4.78 is 0. The minimum Gasteiger partial charge on any atom is -0.355 e. The zero-order valence-corrected chi connectivity index (χ0v) is 18.1. The predicted octanol–water partition coefficient (Wildman–Crippen LogP) is 4.44. The van der Waals surface area contributed by atoms with Crippen molar-refractivity contribution in [3.05, 3.63) is 70.2 Å². The molecule has 0 heterocycles. The number of halogens is 1. The van der Waals surface area contributed by atoms with E-state index in [-0.39, 0.29) is 11.8 Å². The molecule has 1 unspecified atom stereocenters. The summed E-state index contributed by atoms with van der Waals surface area (Å²) in [7, 11) is 0. The first-order chi connectivity index (χ1) is 13.4. The lowest BCUT2D eigenvalue weighted by Gasteiger charge is -2.29. The Bertz CT molecular complexity index is 813. The molecule has 6 heteroatoms. The fraction of sp³-hybridized carbons (Fsp3) is 0.364. The molecule has 4 nitrogen and oxygen atoms in total. The third-order valence-electron chi connectivity index (χ3n) is 4.56. The van der Waals surface area contributed by atoms with Crippen LogP contribution in [0.25, 0.3) is 0 Å². The molecule has 0 aliphatic heterocycles. The number of amides is 2. The highest BCUT2D eigenvalue weighted by Gasteiger charge is 2.26. The normalized spacial score (nSPS) is 11.7. The molecule has 0 bridgehead atoms. The number of nitrogens with zero attached hydrogens (tertiary/aromatic N) is 1. The van der Waals surface area contributed by atoms with Crippen molar-refractivity contribution in [2.75, 3.05) is 12.3 Å². The van der Waals surface area contributed by atoms with E-state index < -0.39 is 6.04 Å². The lowest BCUT2D eigenvalue weighted by atomic mass is 10.1. The van der Waals surface area contributed by atoms with Crippen LogP contribution >= 0.6 is 23.4 Å². The SMILES string of the molecule is CCNC(=O)C(C)N(Cc1ccccc1Cl)C(=O)CSCc1ccccc1C. The summed E-state index contributed by atoms with van der Waals surface area (Å²) in [5, 5.41) is 3.39. The van der Waals surface area contributed by atoms with Crippen LogP contribution in [0.3, 0.4) is 0 Å². The Balaban J connectivity index is 2.08. The zero-order valence-electron chi connectivity index (χ0n) is 16.6. The van der Waals surface area contributed by atoms with Crippen LogP contribution in [0.1, 0.15) is 30.5 Å². The third kappa shape index (κ3) is 6.28. The van der Waals surface area contributed by atoms with Crippen LogP contribution in [0.15, 0.2) is 48.5 Å². The summed E-state index contributed by atoms with van der Waals surface area (Å²) in [6, 6.07) is 15.0. The number of carbonyl (C=O) groups is 2. The first kappa shape index (κ1) is 22.3. The van der Waals surface area contributed by atoms with Gasteiger partial charge < -0.3 is 10.2 Å². The summed E-state index contributed by atoms with van der Waals surface area (Å²) >= 11 is 7.83. The number of likely N-dealkylation sites (N-methyl/N-ethyl adjacent to an activating group) is 1. The van der Waals surface area contributed by atoms with E-state index in [0.717, 1.165) is 11.3 Å². The molecule has 0 aliphatic rings. The summed E-state index contributed by atoms with van der Waals surface area (Å²) in [6.45, 7) is 6.52. The van der Waals surface area contributed by atoms with Crippen LogP contribution in [0.4, 0.5) is 0 Å². The van der Waals surface area contributed by atoms with Gasteiger partial charge in [-0.25, -0.2) is 0 Å². The highest BCUT2D eigenvalue weighted by Crippen LogP contribution is 2.21. The Hall–Kier alpha value is -1.98. The van der Waals surface area contributed by atoms with E-state index in [0.29, 0.717) is 23.9 Å². The van der Waals surface area contributed by atoms with Crippen LogP contribution in [-0.2, 0) is 21.9 Å². The van der Waals surface area contributed by atoms with E-state index in [1.165, 1.54) is 11.1 Å². The van der Waals surface area contributed by atoms with Crippen molar-refractivity contribution in [1.29, 1.82) is 0 Å². The molecular formula is C22H27ClN2O2S. The Morgan fingerprint density at radius 2 is 1.75 bits per heavy atom. The molecule has 2 amide bonds. The summed E-state index contributed by atoms with van der Waals surface area (Å²) in [5.41, 5.74) is 3.26. The Morgan fingerprint density at radius 1 is 1.11 bits per heavy atom. The minimum atomic E-state index is -0.567.